The van der Waals surface area contributed by atoms with E-state index in [1.54, 1.807) is 23.0 Å². The van der Waals surface area contributed by atoms with Gasteiger partial charge in [-0.15, -0.1) is 10.2 Å². The van der Waals surface area contributed by atoms with Gasteiger partial charge in [0.05, 0.1) is 16.6 Å². The van der Waals surface area contributed by atoms with Gasteiger partial charge in [-0.2, -0.15) is 5.10 Å². The van der Waals surface area contributed by atoms with E-state index >= 15 is 0 Å². The summed E-state index contributed by atoms with van der Waals surface area (Å²) < 4.78 is 44.8. The highest BCUT2D eigenvalue weighted by molar-refractivity contribution is 7.89. The Morgan fingerprint density at radius 3 is 2.55 bits per heavy atom. The number of alkyl halides is 1. The van der Waals surface area contributed by atoms with Crippen LogP contribution in [0.2, 0.25) is 0 Å². The van der Waals surface area contributed by atoms with Crippen molar-refractivity contribution in [2.45, 2.75) is 69.2 Å². The highest BCUT2D eigenvalue weighted by Crippen LogP contribution is 2.38. The molecule has 12 heteroatoms. The van der Waals surface area contributed by atoms with Gasteiger partial charge in [0.2, 0.25) is 15.2 Å². The monoisotopic (exact) mass is 493 g/mol. The summed E-state index contributed by atoms with van der Waals surface area (Å²) in [7, 11) is -3.75. The molecule has 1 unspecified atom stereocenters. The lowest BCUT2D eigenvalue weighted by molar-refractivity contribution is 0.371. The molecule has 0 amide bonds. The van der Waals surface area contributed by atoms with Crippen LogP contribution in [0.1, 0.15) is 51.7 Å². The standard InChI is InChI=1S/C21H28FN7O2S2/c1-12-10-28(11-13(2)24-12)17-7-15(33(30,31)27-21(4)5-6-21)8-18-16(17)9-23-29(18)20-26-25-19(32-20)14(3)22/h7-9,12-14,24,27H,5-6,10-11H2,1-4H3/t12-,13-,14?/m1/s1. The molecule has 1 aliphatic carbocycles. The first kappa shape index (κ1) is 22.6. The van der Waals surface area contributed by atoms with Crippen LogP contribution in [0.15, 0.2) is 23.2 Å². The van der Waals surface area contributed by atoms with E-state index in [9.17, 15) is 12.8 Å². The van der Waals surface area contributed by atoms with E-state index in [-0.39, 0.29) is 22.0 Å². The fourth-order valence-corrected chi connectivity index (χ4v) is 6.57. The van der Waals surface area contributed by atoms with Gasteiger partial charge in [-0.3, -0.25) is 0 Å². The summed E-state index contributed by atoms with van der Waals surface area (Å²) >= 11 is 1.10. The van der Waals surface area contributed by atoms with E-state index in [2.05, 4.69) is 44.1 Å². The molecule has 1 aliphatic heterocycles. The van der Waals surface area contributed by atoms with Crippen molar-refractivity contribution in [1.29, 1.82) is 0 Å². The molecule has 3 atom stereocenters. The summed E-state index contributed by atoms with van der Waals surface area (Å²) in [6.07, 6.45) is 2.12. The third-order valence-corrected chi connectivity index (χ3v) is 8.85. The van der Waals surface area contributed by atoms with Crippen molar-refractivity contribution in [3.05, 3.63) is 23.3 Å². The van der Waals surface area contributed by atoms with Gasteiger partial charge in [-0.1, -0.05) is 11.3 Å². The van der Waals surface area contributed by atoms with Crippen LogP contribution >= 0.6 is 11.3 Å². The van der Waals surface area contributed by atoms with Crippen molar-refractivity contribution in [2.75, 3.05) is 18.0 Å². The maximum absolute atomic E-state index is 13.7. The van der Waals surface area contributed by atoms with E-state index in [4.69, 9.17) is 0 Å². The number of rotatable bonds is 6. The van der Waals surface area contributed by atoms with Gasteiger partial charge < -0.3 is 10.2 Å². The molecule has 0 bridgehead atoms. The summed E-state index contributed by atoms with van der Waals surface area (Å²) in [5, 5.41) is 17.5. The highest BCUT2D eigenvalue weighted by atomic mass is 32.2. The molecule has 33 heavy (non-hydrogen) atoms. The van der Waals surface area contributed by atoms with Crippen molar-refractivity contribution < 1.29 is 12.8 Å². The summed E-state index contributed by atoms with van der Waals surface area (Å²) in [6.45, 7) is 9.02. The Hall–Kier alpha value is -2.15. The fraction of sp³-hybridized carbons (Fsp3) is 0.571. The lowest BCUT2D eigenvalue weighted by Crippen LogP contribution is -2.54. The van der Waals surface area contributed by atoms with Crippen LogP contribution in [0.4, 0.5) is 10.1 Å². The molecule has 5 rings (SSSR count). The van der Waals surface area contributed by atoms with E-state index in [1.165, 1.54) is 6.92 Å². The third kappa shape index (κ3) is 4.36. The van der Waals surface area contributed by atoms with Crippen molar-refractivity contribution in [1.82, 2.24) is 30.0 Å². The number of fused-ring (bicyclic) bond motifs is 1. The highest BCUT2D eigenvalue weighted by Gasteiger charge is 2.41. The molecule has 0 radical (unpaired) electrons. The topological polar surface area (TPSA) is 105 Å². The summed E-state index contributed by atoms with van der Waals surface area (Å²) in [5.41, 5.74) is 1.02. The Balaban J connectivity index is 1.67. The molecule has 2 aliphatic rings. The molecule has 1 aromatic carbocycles. The predicted molar refractivity (Wildman–Crippen MR) is 126 cm³/mol. The number of hydrogen-bond acceptors (Lipinski definition) is 8. The van der Waals surface area contributed by atoms with Gasteiger partial charge in [-0.05, 0) is 52.7 Å². The molecule has 2 aromatic heterocycles. The van der Waals surface area contributed by atoms with Crippen LogP contribution in [0.25, 0.3) is 16.0 Å². The van der Waals surface area contributed by atoms with Crippen LogP contribution in [0.3, 0.4) is 0 Å². The molecule has 1 saturated carbocycles. The first-order valence-corrected chi connectivity index (χ1v) is 13.4. The second-order valence-corrected chi connectivity index (χ2v) is 12.2. The van der Waals surface area contributed by atoms with Gasteiger partial charge in [0.25, 0.3) is 0 Å². The minimum atomic E-state index is -3.75. The van der Waals surface area contributed by atoms with E-state index in [1.807, 2.05) is 6.92 Å². The van der Waals surface area contributed by atoms with Crippen LogP contribution in [-0.4, -0.2) is 59.1 Å². The quantitative estimate of drug-likeness (QED) is 0.544. The second-order valence-electron chi connectivity index (χ2n) is 9.51. The number of nitrogens with zero attached hydrogens (tertiary/aromatic N) is 5. The van der Waals surface area contributed by atoms with Crippen molar-refractivity contribution in [3.63, 3.8) is 0 Å². The molecular weight excluding hydrogens is 465 g/mol. The van der Waals surface area contributed by atoms with Crippen molar-refractivity contribution in [3.8, 4) is 5.13 Å². The van der Waals surface area contributed by atoms with Gasteiger partial charge in [0, 0.05) is 41.8 Å². The average molecular weight is 494 g/mol. The van der Waals surface area contributed by atoms with Gasteiger partial charge in [0.15, 0.2) is 11.2 Å². The molecule has 2 fully saturated rings. The predicted octanol–water partition coefficient (Wildman–Crippen LogP) is 2.92. The molecule has 0 spiro atoms. The number of piperazine rings is 1. The number of sulfonamides is 1. The zero-order valence-electron chi connectivity index (χ0n) is 19.0. The minimum Gasteiger partial charge on any atom is -0.368 e. The number of benzene rings is 1. The maximum Gasteiger partial charge on any atom is 0.241 e. The molecule has 178 valence electrons. The van der Waals surface area contributed by atoms with Crippen molar-refractivity contribution >= 4 is 38.0 Å². The number of nitrogens with one attached hydrogen (secondary N) is 2. The van der Waals surface area contributed by atoms with Gasteiger partial charge >= 0.3 is 0 Å². The molecule has 2 N–H and O–H groups in total. The molecule has 9 nitrogen and oxygen atoms in total. The normalized spacial score (nSPS) is 23.7. The fourth-order valence-electron chi connectivity index (χ4n) is 4.32. The van der Waals surface area contributed by atoms with E-state index in [0.717, 1.165) is 48.3 Å². The Morgan fingerprint density at radius 2 is 1.94 bits per heavy atom. The van der Waals surface area contributed by atoms with Crippen LogP contribution < -0.4 is 14.9 Å². The first-order valence-electron chi connectivity index (χ1n) is 11.1. The Bertz CT molecular complexity index is 1290. The minimum absolute atomic E-state index is 0.183. The average Bonchev–Trinajstić information content (AvgIpc) is 3.14. The molecule has 1 saturated heterocycles. The first-order chi connectivity index (χ1) is 15.5. The van der Waals surface area contributed by atoms with Crippen LogP contribution in [0, 0.1) is 0 Å². The Labute approximate surface area is 196 Å². The largest absolute Gasteiger partial charge is 0.368 e. The number of aromatic nitrogens is 4. The maximum atomic E-state index is 13.7. The van der Waals surface area contributed by atoms with Crippen LogP contribution in [0.5, 0.6) is 0 Å². The van der Waals surface area contributed by atoms with Crippen molar-refractivity contribution in [2.24, 2.45) is 0 Å². The lowest BCUT2D eigenvalue weighted by atomic mass is 10.1. The van der Waals surface area contributed by atoms with E-state index in [0.29, 0.717) is 10.6 Å². The number of hydrogen-bond donors (Lipinski definition) is 2. The van der Waals surface area contributed by atoms with Crippen LogP contribution in [-0.2, 0) is 10.0 Å². The SMILES string of the molecule is CC(F)c1nnc(-n2ncc3c(N4C[C@@H](C)N[C@H](C)C4)cc(S(=O)(=O)NC4(C)CC4)cc32)s1. The second kappa shape index (κ2) is 7.97. The lowest BCUT2D eigenvalue weighted by Gasteiger charge is -2.38. The molecular formula is C21H28FN7O2S2. The zero-order chi connectivity index (χ0) is 23.5. The Kier molecular flexibility index (Phi) is 5.46. The van der Waals surface area contributed by atoms with Gasteiger partial charge in [-0.25, -0.2) is 22.2 Å². The molecule has 3 heterocycles. The number of anilines is 1. The summed E-state index contributed by atoms with van der Waals surface area (Å²) in [5.74, 6) is 0. The number of halogens is 1. The van der Waals surface area contributed by atoms with E-state index < -0.39 is 21.7 Å². The third-order valence-electron chi connectivity index (χ3n) is 6.18. The smallest absolute Gasteiger partial charge is 0.241 e. The zero-order valence-corrected chi connectivity index (χ0v) is 20.7. The molecule has 3 aromatic rings. The van der Waals surface area contributed by atoms with Gasteiger partial charge in [0.1, 0.15) is 0 Å². The Morgan fingerprint density at radius 1 is 1.24 bits per heavy atom. The summed E-state index contributed by atoms with van der Waals surface area (Å²) in [6, 6.07) is 3.86. The summed E-state index contributed by atoms with van der Waals surface area (Å²) in [4.78, 5) is 2.38.